The van der Waals surface area contributed by atoms with Crippen LogP contribution in [0.4, 0.5) is 4.39 Å². The monoisotopic (exact) mass is 243 g/mol. The van der Waals surface area contributed by atoms with Gasteiger partial charge in [0.1, 0.15) is 11.6 Å². The topological polar surface area (TPSA) is 22.8 Å². The molecule has 3 aromatic rings. The average Bonchev–Trinajstić information content (AvgIpc) is 2.96. The van der Waals surface area contributed by atoms with Crippen LogP contribution in [0.1, 0.15) is 12.7 Å². The van der Waals surface area contributed by atoms with Crippen molar-refractivity contribution in [3.8, 4) is 0 Å². The van der Waals surface area contributed by atoms with Crippen LogP contribution in [-0.2, 0) is 13.1 Å². The van der Waals surface area contributed by atoms with Crippen molar-refractivity contribution < 1.29 is 4.39 Å². The SMILES string of the molecule is CCn1ccnc1Cn1ccc2cc(F)ccc21. The molecule has 3 rings (SSSR count). The molecule has 0 spiro atoms. The summed E-state index contributed by atoms with van der Waals surface area (Å²) < 4.78 is 17.3. The molecule has 0 saturated carbocycles. The molecule has 0 aliphatic rings. The lowest BCUT2D eigenvalue weighted by molar-refractivity contribution is 0.629. The third kappa shape index (κ3) is 1.79. The minimum absolute atomic E-state index is 0.199. The summed E-state index contributed by atoms with van der Waals surface area (Å²) in [6.45, 7) is 3.70. The van der Waals surface area contributed by atoms with Crippen molar-refractivity contribution in [1.82, 2.24) is 14.1 Å². The molecular formula is C14H14FN3. The van der Waals surface area contributed by atoms with Gasteiger partial charge in [0.05, 0.1) is 6.54 Å². The molecule has 0 amide bonds. The van der Waals surface area contributed by atoms with E-state index in [0.29, 0.717) is 6.54 Å². The van der Waals surface area contributed by atoms with Gasteiger partial charge in [0, 0.05) is 36.0 Å². The van der Waals surface area contributed by atoms with Crippen molar-refractivity contribution in [3.63, 3.8) is 0 Å². The van der Waals surface area contributed by atoms with Crippen LogP contribution in [0.15, 0.2) is 42.9 Å². The van der Waals surface area contributed by atoms with Crippen molar-refractivity contribution >= 4 is 10.9 Å². The Hall–Kier alpha value is -2.10. The Bertz CT molecular complexity index is 681. The predicted octanol–water partition coefficient (Wildman–Crippen LogP) is 3.05. The van der Waals surface area contributed by atoms with Crippen LogP contribution < -0.4 is 0 Å². The zero-order chi connectivity index (χ0) is 12.5. The second-order valence-electron chi connectivity index (χ2n) is 4.28. The Kier molecular flexibility index (Phi) is 2.63. The summed E-state index contributed by atoms with van der Waals surface area (Å²) in [5.41, 5.74) is 1.03. The number of nitrogens with zero attached hydrogens (tertiary/aromatic N) is 3. The molecule has 92 valence electrons. The lowest BCUT2D eigenvalue weighted by atomic mass is 10.2. The second-order valence-corrected chi connectivity index (χ2v) is 4.28. The number of aromatic nitrogens is 3. The number of benzene rings is 1. The fraction of sp³-hybridized carbons (Fsp3) is 0.214. The largest absolute Gasteiger partial charge is 0.340 e. The maximum atomic E-state index is 13.1. The smallest absolute Gasteiger partial charge is 0.128 e. The van der Waals surface area contributed by atoms with Gasteiger partial charge >= 0.3 is 0 Å². The average molecular weight is 243 g/mol. The van der Waals surface area contributed by atoms with Gasteiger partial charge in [0.2, 0.25) is 0 Å². The van der Waals surface area contributed by atoms with E-state index in [1.807, 2.05) is 30.7 Å². The highest BCUT2D eigenvalue weighted by Crippen LogP contribution is 2.18. The molecule has 3 nitrogen and oxygen atoms in total. The summed E-state index contributed by atoms with van der Waals surface area (Å²) >= 11 is 0. The molecule has 0 unspecified atom stereocenters. The van der Waals surface area contributed by atoms with Crippen LogP contribution in [0.3, 0.4) is 0 Å². The zero-order valence-corrected chi connectivity index (χ0v) is 10.2. The highest BCUT2D eigenvalue weighted by atomic mass is 19.1. The Morgan fingerprint density at radius 1 is 1.17 bits per heavy atom. The van der Waals surface area contributed by atoms with Crippen molar-refractivity contribution in [1.29, 1.82) is 0 Å². The van der Waals surface area contributed by atoms with E-state index in [4.69, 9.17) is 0 Å². The maximum absolute atomic E-state index is 13.1. The van der Waals surface area contributed by atoms with E-state index in [0.717, 1.165) is 23.3 Å². The second kappa shape index (κ2) is 4.29. The first kappa shape index (κ1) is 11.0. The number of fused-ring (bicyclic) bond motifs is 1. The number of aryl methyl sites for hydroxylation is 1. The molecule has 0 aliphatic heterocycles. The van der Waals surface area contributed by atoms with E-state index in [2.05, 4.69) is 21.0 Å². The third-order valence-electron chi connectivity index (χ3n) is 3.19. The van der Waals surface area contributed by atoms with E-state index in [9.17, 15) is 4.39 Å². The fourth-order valence-electron chi connectivity index (χ4n) is 2.24. The minimum Gasteiger partial charge on any atom is -0.340 e. The standard InChI is InChI=1S/C14H14FN3/c1-2-17-8-6-16-14(17)10-18-7-5-11-9-12(15)3-4-13(11)18/h3-9H,2,10H2,1H3. The molecule has 0 N–H and O–H groups in total. The first-order valence-electron chi connectivity index (χ1n) is 6.02. The molecular weight excluding hydrogens is 229 g/mol. The van der Waals surface area contributed by atoms with Gasteiger partial charge in [-0.15, -0.1) is 0 Å². The molecule has 2 aromatic heterocycles. The van der Waals surface area contributed by atoms with Crippen LogP contribution in [0.25, 0.3) is 10.9 Å². The molecule has 2 heterocycles. The van der Waals surface area contributed by atoms with Crippen molar-refractivity contribution in [2.75, 3.05) is 0 Å². The molecule has 0 saturated heterocycles. The number of rotatable bonds is 3. The molecule has 1 aromatic carbocycles. The Balaban J connectivity index is 2.00. The molecule has 0 aliphatic carbocycles. The highest BCUT2D eigenvalue weighted by molar-refractivity contribution is 5.80. The molecule has 18 heavy (non-hydrogen) atoms. The van der Waals surface area contributed by atoms with Crippen molar-refractivity contribution in [3.05, 3.63) is 54.5 Å². The molecule has 4 heteroatoms. The van der Waals surface area contributed by atoms with Crippen LogP contribution in [0.5, 0.6) is 0 Å². The van der Waals surface area contributed by atoms with E-state index < -0.39 is 0 Å². The first-order valence-corrected chi connectivity index (χ1v) is 6.02. The summed E-state index contributed by atoms with van der Waals surface area (Å²) in [6, 6.07) is 6.78. The Labute approximate surface area is 104 Å². The molecule has 0 radical (unpaired) electrons. The number of hydrogen-bond acceptors (Lipinski definition) is 1. The summed E-state index contributed by atoms with van der Waals surface area (Å²) in [7, 11) is 0. The number of imidazole rings is 1. The quantitative estimate of drug-likeness (QED) is 0.693. The van der Waals surface area contributed by atoms with Crippen molar-refractivity contribution in [2.45, 2.75) is 20.0 Å². The number of hydrogen-bond donors (Lipinski definition) is 0. The normalized spacial score (nSPS) is 11.2. The van der Waals surface area contributed by atoms with E-state index in [-0.39, 0.29) is 5.82 Å². The maximum Gasteiger partial charge on any atom is 0.128 e. The molecule has 0 fully saturated rings. The van der Waals surface area contributed by atoms with Gasteiger partial charge in [0.15, 0.2) is 0 Å². The van der Waals surface area contributed by atoms with Crippen LogP contribution in [0.2, 0.25) is 0 Å². The first-order chi connectivity index (χ1) is 8.78. The zero-order valence-electron chi connectivity index (χ0n) is 10.2. The lowest BCUT2D eigenvalue weighted by Crippen LogP contribution is -2.06. The Morgan fingerprint density at radius 2 is 2.06 bits per heavy atom. The van der Waals surface area contributed by atoms with Crippen molar-refractivity contribution in [2.24, 2.45) is 0 Å². The minimum atomic E-state index is -0.199. The summed E-state index contributed by atoms with van der Waals surface area (Å²) in [5.74, 6) is 0.814. The van der Waals surface area contributed by atoms with Gasteiger partial charge in [-0.2, -0.15) is 0 Å². The Morgan fingerprint density at radius 3 is 2.89 bits per heavy atom. The predicted molar refractivity (Wildman–Crippen MR) is 68.9 cm³/mol. The van der Waals surface area contributed by atoms with Gasteiger partial charge < -0.3 is 9.13 Å². The van der Waals surface area contributed by atoms with Gasteiger partial charge in [0.25, 0.3) is 0 Å². The highest BCUT2D eigenvalue weighted by Gasteiger charge is 2.06. The molecule has 0 atom stereocenters. The summed E-state index contributed by atoms with van der Waals surface area (Å²) in [5, 5.41) is 0.921. The number of halogens is 1. The van der Waals surface area contributed by atoms with Gasteiger partial charge in [-0.25, -0.2) is 9.37 Å². The van der Waals surface area contributed by atoms with E-state index in [1.165, 1.54) is 6.07 Å². The van der Waals surface area contributed by atoms with E-state index >= 15 is 0 Å². The van der Waals surface area contributed by atoms with Crippen LogP contribution in [-0.4, -0.2) is 14.1 Å². The van der Waals surface area contributed by atoms with Crippen LogP contribution >= 0.6 is 0 Å². The van der Waals surface area contributed by atoms with E-state index in [1.54, 1.807) is 6.07 Å². The lowest BCUT2D eigenvalue weighted by Gasteiger charge is -2.07. The van der Waals surface area contributed by atoms with Gasteiger partial charge in [-0.3, -0.25) is 0 Å². The van der Waals surface area contributed by atoms with Gasteiger partial charge in [-0.05, 0) is 31.2 Å². The fourth-order valence-corrected chi connectivity index (χ4v) is 2.24. The summed E-state index contributed by atoms with van der Waals surface area (Å²) in [6.07, 6.45) is 5.75. The summed E-state index contributed by atoms with van der Waals surface area (Å²) in [4.78, 5) is 4.35. The van der Waals surface area contributed by atoms with Crippen LogP contribution in [0, 0.1) is 5.82 Å². The third-order valence-corrected chi connectivity index (χ3v) is 3.19. The molecule has 0 bridgehead atoms. The van der Waals surface area contributed by atoms with Gasteiger partial charge in [-0.1, -0.05) is 0 Å².